The summed E-state index contributed by atoms with van der Waals surface area (Å²) in [6, 6.07) is 3.79. The van der Waals surface area contributed by atoms with Crippen molar-refractivity contribution >= 4 is 5.96 Å². The summed E-state index contributed by atoms with van der Waals surface area (Å²) in [5.74, 6) is 1.07. The summed E-state index contributed by atoms with van der Waals surface area (Å²) in [6.07, 6.45) is 1.88. The van der Waals surface area contributed by atoms with Crippen molar-refractivity contribution in [2.24, 2.45) is 10.7 Å². The number of hydrogen-bond acceptors (Lipinski definition) is 3. The SMILES string of the molecule is CC(C)Oc1ccc(CN=C(N)NC(C)(C)C)cn1. The third-order valence-corrected chi connectivity index (χ3v) is 2.09. The monoisotopic (exact) mass is 264 g/mol. The van der Waals surface area contributed by atoms with Gasteiger partial charge in [-0.15, -0.1) is 0 Å². The zero-order chi connectivity index (χ0) is 14.5. The summed E-state index contributed by atoms with van der Waals surface area (Å²) < 4.78 is 5.48. The van der Waals surface area contributed by atoms with E-state index in [1.807, 2.05) is 46.8 Å². The fourth-order valence-corrected chi connectivity index (χ4v) is 1.42. The molecule has 106 valence electrons. The van der Waals surface area contributed by atoms with E-state index in [2.05, 4.69) is 15.3 Å². The zero-order valence-corrected chi connectivity index (χ0v) is 12.4. The minimum Gasteiger partial charge on any atom is -0.475 e. The first kappa shape index (κ1) is 15.3. The van der Waals surface area contributed by atoms with Crippen molar-refractivity contribution in [1.82, 2.24) is 10.3 Å². The van der Waals surface area contributed by atoms with Crippen molar-refractivity contribution in [1.29, 1.82) is 0 Å². The molecule has 1 heterocycles. The van der Waals surface area contributed by atoms with Gasteiger partial charge in [0.25, 0.3) is 0 Å². The summed E-state index contributed by atoms with van der Waals surface area (Å²) in [6.45, 7) is 10.6. The van der Waals surface area contributed by atoms with Crippen LogP contribution in [0.2, 0.25) is 0 Å². The van der Waals surface area contributed by atoms with E-state index in [0.29, 0.717) is 18.4 Å². The van der Waals surface area contributed by atoms with E-state index in [9.17, 15) is 0 Å². The molecule has 1 rings (SSSR count). The molecule has 0 bridgehead atoms. The second-order valence-corrected chi connectivity index (χ2v) is 5.75. The van der Waals surface area contributed by atoms with Gasteiger partial charge in [0.1, 0.15) is 0 Å². The first-order valence-corrected chi connectivity index (χ1v) is 6.46. The fourth-order valence-electron chi connectivity index (χ4n) is 1.42. The first-order chi connectivity index (χ1) is 8.76. The van der Waals surface area contributed by atoms with Crippen LogP contribution in [0.5, 0.6) is 5.88 Å². The molecule has 0 aliphatic carbocycles. The Kier molecular flexibility index (Phi) is 5.15. The number of rotatable bonds is 4. The molecule has 5 heteroatoms. The lowest BCUT2D eigenvalue weighted by Gasteiger charge is -2.20. The number of pyridine rings is 1. The number of aromatic nitrogens is 1. The van der Waals surface area contributed by atoms with Gasteiger partial charge in [-0.25, -0.2) is 9.98 Å². The van der Waals surface area contributed by atoms with Gasteiger partial charge in [-0.1, -0.05) is 6.07 Å². The molecule has 1 aromatic heterocycles. The Bertz CT molecular complexity index is 418. The maximum atomic E-state index is 5.80. The van der Waals surface area contributed by atoms with Crippen molar-refractivity contribution in [3.05, 3.63) is 23.9 Å². The molecule has 0 spiro atoms. The Balaban J connectivity index is 2.56. The minimum atomic E-state index is -0.0825. The highest BCUT2D eigenvalue weighted by Crippen LogP contribution is 2.10. The molecule has 0 saturated heterocycles. The van der Waals surface area contributed by atoms with Crippen LogP contribution in [0, 0.1) is 0 Å². The number of nitrogens with one attached hydrogen (secondary N) is 1. The fraction of sp³-hybridized carbons (Fsp3) is 0.571. The molecular formula is C14H24N4O. The van der Waals surface area contributed by atoms with Crippen LogP contribution in [0.4, 0.5) is 0 Å². The third kappa shape index (κ3) is 6.64. The van der Waals surface area contributed by atoms with Crippen LogP contribution in [0.1, 0.15) is 40.2 Å². The molecule has 0 unspecified atom stereocenters. The van der Waals surface area contributed by atoms with E-state index in [0.717, 1.165) is 5.56 Å². The van der Waals surface area contributed by atoms with Crippen LogP contribution < -0.4 is 15.8 Å². The van der Waals surface area contributed by atoms with Gasteiger partial charge in [0.05, 0.1) is 12.6 Å². The van der Waals surface area contributed by atoms with Crippen molar-refractivity contribution in [2.45, 2.75) is 52.8 Å². The van der Waals surface area contributed by atoms with E-state index in [-0.39, 0.29) is 11.6 Å². The highest BCUT2D eigenvalue weighted by Gasteiger charge is 2.09. The highest BCUT2D eigenvalue weighted by molar-refractivity contribution is 5.78. The lowest BCUT2D eigenvalue weighted by molar-refractivity contribution is 0.232. The van der Waals surface area contributed by atoms with E-state index in [1.54, 1.807) is 6.20 Å². The molecule has 19 heavy (non-hydrogen) atoms. The smallest absolute Gasteiger partial charge is 0.213 e. The molecule has 0 fully saturated rings. The van der Waals surface area contributed by atoms with E-state index in [1.165, 1.54) is 0 Å². The van der Waals surface area contributed by atoms with Gasteiger partial charge in [-0.05, 0) is 40.2 Å². The summed E-state index contributed by atoms with van der Waals surface area (Å²) in [7, 11) is 0. The van der Waals surface area contributed by atoms with Crippen LogP contribution in [0.3, 0.4) is 0 Å². The molecule has 0 atom stereocenters. The van der Waals surface area contributed by atoms with Crippen molar-refractivity contribution in [3.63, 3.8) is 0 Å². The zero-order valence-electron chi connectivity index (χ0n) is 12.4. The predicted molar refractivity (Wildman–Crippen MR) is 78.2 cm³/mol. The maximum Gasteiger partial charge on any atom is 0.213 e. The summed E-state index contributed by atoms with van der Waals surface area (Å²) in [4.78, 5) is 8.49. The van der Waals surface area contributed by atoms with E-state index < -0.39 is 0 Å². The van der Waals surface area contributed by atoms with Crippen LogP contribution in [-0.4, -0.2) is 22.6 Å². The van der Waals surface area contributed by atoms with Gasteiger partial charge in [0, 0.05) is 17.8 Å². The van der Waals surface area contributed by atoms with Crippen LogP contribution >= 0.6 is 0 Å². The van der Waals surface area contributed by atoms with Gasteiger partial charge < -0.3 is 15.8 Å². The standard InChI is InChI=1S/C14H24N4O/c1-10(2)19-12-7-6-11(8-16-12)9-17-13(15)18-14(3,4)5/h6-8,10H,9H2,1-5H3,(H3,15,17,18). The summed E-state index contributed by atoms with van der Waals surface area (Å²) in [5.41, 5.74) is 6.71. The average Bonchev–Trinajstić information content (AvgIpc) is 2.25. The minimum absolute atomic E-state index is 0.0825. The first-order valence-electron chi connectivity index (χ1n) is 6.46. The van der Waals surface area contributed by atoms with Gasteiger partial charge in [0.15, 0.2) is 5.96 Å². The Labute approximate surface area is 115 Å². The Morgan fingerprint density at radius 3 is 2.58 bits per heavy atom. The summed E-state index contributed by atoms with van der Waals surface area (Å²) in [5, 5.41) is 3.11. The largest absolute Gasteiger partial charge is 0.475 e. The number of aliphatic imine (C=N–C) groups is 1. The summed E-state index contributed by atoms with van der Waals surface area (Å²) >= 11 is 0. The average molecular weight is 264 g/mol. The third-order valence-electron chi connectivity index (χ3n) is 2.09. The van der Waals surface area contributed by atoms with Gasteiger partial charge in [-0.3, -0.25) is 0 Å². The number of nitrogens with zero attached hydrogens (tertiary/aromatic N) is 2. The van der Waals surface area contributed by atoms with Gasteiger partial charge in [0.2, 0.25) is 5.88 Å². The van der Waals surface area contributed by atoms with Crippen LogP contribution in [0.25, 0.3) is 0 Å². The van der Waals surface area contributed by atoms with E-state index >= 15 is 0 Å². The number of guanidine groups is 1. The second kappa shape index (κ2) is 6.41. The van der Waals surface area contributed by atoms with Crippen LogP contribution in [0.15, 0.2) is 23.3 Å². The number of hydrogen-bond donors (Lipinski definition) is 2. The van der Waals surface area contributed by atoms with Crippen molar-refractivity contribution < 1.29 is 4.74 Å². The lowest BCUT2D eigenvalue weighted by Crippen LogP contribution is -2.44. The predicted octanol–water partition coefficient (Wildman–Crippen LogP) is 2.07. The molecule has 1 aromatic rings. The number of nitrogens with two attached hydrogens (primary N) is 1. The lowest BCUT2D eigenvalue weighted by atomic mass is 10.1. The Morgan fingerprint density at radius 2 is 2.11 bits per heavy atom. The molecule has 0 aliphatic rings. The van der Waals surface area contributed by atoms with Crippen LogP contribution in [-0.2, 0) is 6.54 Å². The van der Waals surface area contributed by atoms with E-state index in [4.69, 9.17) is 10.5 Å². The Hall–Kier alpha value is -1.78. The molecule has 0 aromatic carbocycles. The van der Waals surface area contributed by atoms with Gasteiger partial charge >= 0.3 is 0 Å². The normalized spacial score (nSPS) is 12.6. The molecular weight excluding hydrogens is 240 g/mol. The number of ether oxygens (including phenoxy) is 1. The topological polar surface area (TPSA) is 72.5 Å². The van der Waals surface area contributed by atoms with Crippen molar-refractivity contribution in [2.75, 3.05) is 0 Å². The van der Waals surface area contributed by atoms with Crippen molar-refractivity contribution in [3.8, 4) is 5.88 Å². The Morgan fingerprint density at radius 1 is 1.42 bits per heavy atom. The quantitative estimate of drug-likeness (QED) is 0.645. The highest BCUT2D eigenvalue weighted by atomic mass is 16.5. The maximum absolute atomic E-state index is 5.80. The molecule has 0 amide bonds. The molecule has 0 saturated carbocycles. The van der Waals surface area contributed by atoms with Gasteiger partial charge in [-0.2, -0.15) is 0 Å². The second-order valence-electron chi connectivity index (χ2n) is 5.75. The molecule has 0 aliphatic heterocycles. The molecule has 0 radical (unpaired) electrons. The molecule has 5 nitrogen and oxygen atoms in total. The molecule has 3 N–H and O–H groups in total.